The van der Waals surface area contributed by atoms with Gasteiger partial charge in [0.1, 0.15) is 11.5 Å². The Bertz CT molecular complexity index is 585. The summed E-state index contributed by atoms with van der Waals surface area (Å²) in [4.78, 5) is 19.8. The molecular weight excluding hydrogens is 240 g/mol. The van der Waals surface area contributed by atoms with Crippen LogP contribution in [0, 0.1) is 0 Å². The Balaban J connectivity index is 2.44. The van der Waals surface area contributed by atoms with Gasteiger partial charge in [-0.05, 0) is 18.2 Å². The van der Waals surface area contributed by atoms with Gasteiger partial charge in [0.2, 0.25) is 5.78 Å². The maximum absolute atomic E-state index is 12.1. The van der Waals surface area contributed by atoms with Gasteiger partial charge >= 0.3 is 0 Å². The Labute approximate surface area is 102 Å². The van der Waals surface area contributed by atoms with Crippen molar-refractivity contribution < 1.29 is 4.79 Å². The van der Waals surface area contributed by atoms with Crippen LogP contribution in [0.4, 0.5) is 11.5 Å². The van der Waals surface area contributed by atoms with Crippen molar-refractivity contribution in [1.29, 1.82) is 0 Å². The summed E-state index contributed by atoms with van der Waals surface area (Å²) in [6.45, 7) is 0. The van der Waals surface area contributed by atoms with E-state index in [4.69, 9.17) is 23.1 Å². The molecule has 0 fully saturated rings. The van der Waals surface area contributed by atoms with Crippen molar-refractivity contribution in [3.05, 3.63) is 46.9 Å². The van der Waals surface area contributed by atoms with E-state index in [-0.39, 0.29) is 23.0 Å². The third-order valence-electron chi connectivity index (χ3n) is 2.14. The number of pyridine rings is 2. The van der Waals surface area contributed by atoms with Gasteiger partial charge in [-0.1, -0.05) is 11.6 Å². The lowest BCUT2D eigenvalue weighted by Gasteiger charge is -2.04. The minimum absolute atomic E-state index is 0.153. The Hall–Kier alpha value is -2.14. The summed E-state index contributed by atoms with van der Waals surface area (Å²) in [6, 6.07) is 4.50. The van der Waals surface area contributed by atoms with E-state index < -0.39 is 0 Å². The van der Waals surface area contributed by atoms with Gasteiger partial charge in [0.05, 0.1) is 10.7 Å². The van der Waals surface area contributed by atoms with Crippen LogP contribution in [0.15, 0.2) is 30.6 Å². The molecule has 0 atom stereocenters. The summed E-state index contributed by atoms with van der Waals surface area (Å²) < 4.78 is 0. The molecule has 0 aromatic carbocycles. The van der Waals surface area contributed by atoms with Gasteiger partial charge in [-0.25, -0.2) is 9.97 Å². The number of rotatable bonds is 2. The van der Waals surface area contributed by atoms with Crippen LogP contribution in [0.2, 0.25) is 5.02 Å². The average Bonchev–Trinajstić information content (AvgIpc) is 2.28. The van der Waals surface area contributed by atoms with Crippen LogP contribution in [0.25, 0.3) is 0 Å². The highest BCUT2D eigenvalue weighted by atomic mass is 35.5. The highest BCUT2D eigenvalue weighted by Crippen LogP contribution is 2.18. The fraction of sp³-hybridized carbons (Fsp3) is 0. The van der Waals surface area contributed by atoms with E-state index in [1.54, 1.807) is 6.07 Å². The third-order valence-corrected chi connectivity index (χ3v) is 2.35. The quantitative estimate of drug-likeness (QED) is 0.786. The maximum atomic E-state index is 12.1. The van der Waals surface area contributed by atoms with Crippen molar-refractivity contribution in [3.63, 3.8) is 0 Å². The second-order valence-electron chi connectivity index (χ2n) is 3.39. The van der Waals surface area contributed by atoms with E-state index in [0.717, 1.165) is 0 Å². The first-order chi connectivity index (χ1) is 8.08. The number of halogens is 1. The number of ketones is 1. The molecule has 0 radical (unpaired) electrons. The zero-order chi connectivity index (χ0) is 12.4. The number of nitrogens with two attached hydrogens (primary N) is 2. The molecule has 17 heavy (non-hydrogen) atoms. The predicted octanol–water partition coefficient (Wildman–Crippen LogP) is 1.53. The number of nitrogen functional groups attached to an aromatic ring is 2. The molecule has 0 amide bonds. The highest BCUT2D eigenvalue weighted by Gasteiger charge is 2.14. The molecule has 86 valence electrons. The van der Waals surface area contributed by atoms with Crippen LogP contribution >= 0.6 is 11.6 Å². The molecule has 2 aromatic heterocycles. The van der Waals surface area contributed by atoms with E-state index >= 15 is 0 Å². The van der Waals surface area contributed by atoms with Gasteiger partial charge in [0.15, 0.2) is 0 Å². The monoisotopic (exact) mass is 248 g/mol. The van der Waals surface area contributed by atoms with Crippen LogP contribution < -0.4 is 11.5 Å². The Kier molecular flexibility index (Phi) is 2.93. The molecule has 0 saturated carbocycles. The summed E-state index contributed by atoms with van der Waals surface area (Å²) >= 11 is 5.71. The zero-order valence-electron chi connectivity index (χ0n) is 8.72. The number of carbonyl (C=O) groups is 1. The van der Waals surface area contributed by atoms with E-state index in [0.29, 0.717) is 10.6 Å². The second kappa shape index (κ2) is 4.39. The molecule has 6 heteroatoms. The SMILES string of the molecule is Nc1cc(C(=O)c2ncc(Cl)cc2N)ccn1. The Morgan fingerprint density at radius 1 is 1.24 bits per heavy atom. The molecule has 2 rings (SSSR count). The molecule has 2 aromatic rings. The summed E-state index contributed by atoms with van der Waals surface area (Å²) in [7, 11) is 0. The highest BCUT2D eigenvalue weighted by molar-refractivity contribution is 6.31. The molecule has 0 unspecified atom stereocenters. The van der Waals surface area contributed by atoms with E-state index in [2.05, 4.69) is 9.97 Å². The number of anilines is 2. The van der Waals surface area contributed by atoms with Gasteiger partial charge in [0, 0.05) is 18.0 Å². The van der Waals surface area contributed by atoms with Gasteiger partial charge < -0.3 is 11.5 Å². The molecule has 5 nitrogen and oxygen atoms in total. The first kappa shape index (κ1) is 11.3. The number of aromatic nitrogens is 2. The van der Waals surface area contributed by atoms with Crippen LogP contribution in [0.5, 0.6) is 0 Å². The minimum Gasteiger partial charge on any atom is -0.397 e. The van der Waals surface area contributed by atoms with E-state index in [1.165, 1.54) is 24.5 Å². The van der Waals surface area contributed by atoms with Crippen molar-refractivity contribution in [2.75, 3.05) is 11.5 Å². The molecule has 0 aliphatic rings. The van der Waals surface area contributed by atoms with Crippen LogP contribution in [-0.4, -0.2) is 15.8 Å². The first-order valence-corrected chi connectivity index (χ1v) is 5.13. The third kappa shape index (κ3) is 2.34. The number of nitrogens with zero attached hydrogens (tertiary/aromatic N) is 2. The maximum Gasteiger partial charge on any atom is 0.213 e. The summed E-state index contributed by atoms with van der Waals surface area (Å²) in [5.74, 6) is -0.0448. The molecular formula is C11H9ClN4O. The topological polar surface area (TPSA) is 94.9 Å². The Morgan fingerprint density at radius 3 is 2.65 bits per heavy atom. The van der Waals surface area contributed by atoms with Gasteiger partial charge in [-0.2, -0.15) is 0 Å². The van der Waals surface area contributed by atoms with E-state index in [1.807, 2.05) is 0 Å². The molecule has 0 aliphatic heterocycles. The lowest BCUT2D eigenvalue weighted by Crippen LogP contribution is -2.08. The van der Waals surface area contributed by atoms with Crippen LogP contribution in [-0.2, 0) is 0 Å². The summed E-state index contributed by atoms with van der Waals surface area (Å²) in [5, 5.41) is 0.383. The van der Waals surface area contributed by atoms with Crippen molar-refractivity contribution in [3.8, 4) is 0 Å². The molecule has 0 spiro atoms. The second-order valence-corrected chi connectivity index (χ2v) is 3.83. The molecule has 4 N–H and O–H groups in total. The standard InChI is InChI=1S/C11H9ClN4O/c12-7-4-8(13)10(16-5-7)11(17)6-1-2-15-9(14)3-6/h1-5H,13H2,(H2,14,15). The average molecular weight is 249 g/mol. The van der Waals surface area contributed by atoms with Gasteiger partial charge in [-0.15, -0.1) is 0 Å². The Morgan fingerprint density at radius 2 is 2.00 bits per heavy atom. The molecule has 0 aliphatic carbocycles. The van der Waals surface area contributed by atoms with Gasteiger partial charge in [-0.3, -0.25) is 4.79 Å². The number of hydrogen-bond donors (Lipinski definition) is 2. The normalized spacial score (nSPS) is 10.2. The van der Waals surface area contributed by atoms with E-state index in [9.17, 15) is 4.79 Å². The van der Waals surface area contributed by atoms with Crippen molar-refractivity contribution >= 4 is 28.9 Å². The fourth-order valence-corrected chi connectivity index (χ4v) is 1.54. The molecule has 2 heterocycles. The van der Waals surface area contributed by atoms with Crippen molar-refractivity contribution in [2.45, 2.75) is 0 Å². The number of hydrogen-bond acceptors (Lipinski definition) is 5. The zero-order valence-corrected chi connectivity index (χ0v) is 9.48. The largest absolute Gasteiger partial charge is 0.397 e. The summed E-state index contributed by atoms with van der Waals surface area (Å²) in [6.07, 6.45) is 2.82. The smallest absolute Gasteiger partial charge is 0.213 e. The van der Waals surface area contributed by atoms with Gasteiger partial charge in [0.25, 0.3) is 0 Å². The molecule has 0 bridgehead atoms. The van der Waals surface area contributed by atoms with Crippen molar-refractivity contribution in [1.82, 2.24) is 9.97 Å². The van der Waals surface area contributed by atoms with Crippen LogP contribution in [0.1, 0.15) is 16.1 Å². The van der Waals surface area contributed by atoms with Crippen LogP contribution in [0.3, 0.4) is 0 Å². The predicted molar refractivity (Wildman–Crippen MR) is 65.7 cm³/mol. The van der Waals surface area contributed by atoms with Crippen molar-refractivity contribution in [2.24, 2.45) is 0 Å². The lowest BCUT2D eigenvalue weighted by molar-refractivity contribution is 0.103. The first-order valence-electron chi connectivity index (χ1n) is 4.75. The fourth-order valence-electron chi connectivity index (χ4n) is 1.37. The summed E-state index contributed by atoms with van der Waals surface area (Å²) in [5.41, 5.74) is 12.0. The minimum atomic E-state index is -0.312. The lowest BCUT2D eigenvalue weighted by atomic mass is 10.1. The molecule has 0 saturated heterocycles. The number of carbonyl (C=O) groups excluding carboxylic acids is 1.